The van der Waals surface area contributed by atoms with E-state index < -0.39 is 94.2 Å². The van der Waals surface area contributed by atoms with Gasteiger partial charge >= 0.3 is 18.3 Å². The van der Waals surface area contributed by atoms with Gasteiger partial charge in [-0.1, -0.05) is 13.8 Å². The molecule has 0 spiro atoms. The maximum Gasteiger partial charge on any atom is 0.417 e. The van der Waals surface area contributed by atoms with Crippen molar-refractivity contribution in [3.63, 3.8) is 0 Å². The monoisotopic (exact) mass is 1120 g/mol. The number of aliphatic carboxylic acids is 1. The maximum atomic E-state index is 15.4. The number of nitrogens with zero attached hydrogens (tertiary/aromatic N) is 10. The first-order valence-electron chi connectivity index (χ1n) is 22.8. The van der Waals surface area contributed by atoms with E-state index in [0.29, 0.717) is 25.0 Å². The second-order valence-corrected chi connectivity index (χ2v) is 18.7. The molecule has 2 fully saturated rings. The number of amides is 3. The van der Waals surface area contributed by atoms with Crippen LogP contribution in [0.2, 0.25) is 0 Å². The quantitative estimate of drug-likeness (QED) is 0.0860. The molecule has 4 heterocycles. The van der Waals surface area contributed by atoms with Crippen molar-refractivity contribution in [1.29, 1.82) is 10.5 Å². The van der Waals surface area contributed by atoms with Crippen molar-refractivity contribution in [2.45, 2.75) is 77.8 Å². The number of ether oxygens (including phenoxy) is 2. The Morgan fingerprint density at radius 1 is 0.641 bits per heavy atom. The van der Waals surface area contributed by atoms with Crippen LogP contribution in [-0.4, -0.2) is 83.2 Å². The molecule has 2 aromatic heterocycles. The summed E-state index contributed by atoms with van der Waals surface area (Å²) in [4.78, 5) is 70.3. The number of thiocarbonyl (C=S) groups is 2. The Morgan fingerprint density at radius 2 is 1.01 bits per heavy atom. The van der Waals surface area contributed by atoms with Gasteiger partial charge in [0, 0.05) is 24.2 Å². The Hall–Kier alpha value is -8.76. The highest BCUT2D eigenvalue weighted by Gasteiger charge is 2.52. The van der Waals surface area contributed by atoms with Crippen molar-refractivity contribution in [3.05, 3.63) is 106 Å². The van der Waals surface area contributed by atoms with Crippen molar-refractivity contribution >= 4 is 103 Å². The number of hydrogen-bond donors (Lipinski definition) is 2. The van der Waals surface area contributed by atoms with Gasteiger partial charge < -0.3 is 30.1 Å². The molecule has 2 aliphatic heterocycles. The van der Waals surface area contributed by atoms with Gasteiger partial charge in [0.1, 0.15) is 33.8 Å². The highest BCUT2D eigenvalue weighted by Crippen LogP contribution is 2.44. The first-order valence-corrected chi connectivity index (χ1v) is 23.6. The predicted molar refractivity (Wildman–Crippen MR) is 271 cm³/mol. The number of carbonyl (C=O) groups excluding carboxylic acids is 3. The number of aromatic nitrogens is 4. The van der Waals surface area contributed by atoms with E-state index in [2.05, 4.69) is 19.9 Å². The molecule has 0 aliphatic carbocycles. The number of alkyl halides is 6. The van der Waals surface area contributed by atoms with Crippen LogP contribution in [0.5, 0.6) is 11.8 Å². The normalized spacial score (nSPS) is 15.1. The number of benzene rings is 4. The maximum absolute atomic E-state index is 15.4. The number of carboxylic acid groups (broad SMARTS) is 1. The summed E-state index contributed by atoms with van der Waals surface area (Å²) in [5, 5.41) is 26.8. The molecular formula is C50H39F8N11O7S2. The lowest BCUT2D eigenvalue weighted by Gasteiger charge is -2.29. The second-order valence-electron chi connectivity index (χ2n) is 18.0. The third-order valence-electron chi connectivity index (χ3n) is 12.0. The van der Waals surface area contributed by atoms with Crippen LogP contribution in [0.25, 0.3) is 21.8 Å². The Labute approximate surface area is 447 Å². The van der Waals surface area contributed by atoms with Crippen LogP contribution in [0.15, 0.2) is 60.7 Å². The van der Waals surface area contributed by atoms with Gasteiger partial charge in [0.05, 0.1) is 56.5 Å². The molecule has 0 bridgehead atoms. The topological polar surface area (TPSA) is 245 Å². The van der Waals surface area contributed by atoms with Crippen LogP contribution in [0, 0.1) is 34.3 Å². The lowest BCUT2D eigenvalue weighted by Crippen LogP contribution is -2.44. The number of nitrogens with two attached hydrogens (primary N) is 1. The second kappa shape index (κ2) is 21.0. The highest BCUT2D eigenvalue weighted by atomic mass is 32.1. The molecule has 0 radical (unpaired) electrons. The molecule has 3 N–H and O–H groups in total. The van der Waals surface area contributed by atoms with Gasteiger partial charge in [-0.05, 0) is 113 Å². The number of primary amides is 1. The Balaban J connectivity index is 0.000000226. The van der Waals surface area contributed by atoms with Gasteiger partial charge in [-0.2, -0.15) is 46.8 Å². The fourth-order valence-corrected chi connectivity index (χ4v) is 9.41. The van der Waals surface area contributed by atoms with Crippen molar-refractivity contribution in [2.75, 3.05) is 32.8 Å². The number of nitriles is 2. The molecule has 0 atom stereocenters. The first kappa shape index (κ1) is 57.0. The number of halogens is 8. The van der Waals surface area contributed by atoms with Gasteiger partial charge in [0.15, 0.2) is 35.1 Å². The summed E-state index contributed by atoms with van der Waals surface area (Å²) >= 11 is 11.0. The summed E-state index contributed by atoms with van der Waals surface area (Å²) in [6, 6.07) is 13.4. The molecular weight excluding hydrogens is 1080 g/mol. The zero-order valence-corrected chi connectivity index (χ0v) is 43.0. The van der Waals surface area contributed by atoms with Crippen LogP contribution < -0.4 is 34.8 Å². The Morgan fingerprint density at radius 3 is 1.33 bits per heavy atom. The van der Waals surface area contributed by atoms with E-state index >= 15 is 8.78 Å². The smallest absolute Gasteiger partial charge is 0.417 e. The molecule has 78 heavy (non-hydrogen) atoms. The van der Waals surface area contributed by atoms with Gasteiger partial charge in [-0.15, -0.1) is 0 Å². The van der Waals surface area contributed by atoms with Gasteiger partial charge in [-0.3, -0.25) is 24.2 Å². The van der Waals surface area contributed by atoms with Crippen LogP contribution >= 0.6 is 24.4 Å². The molecule has 18 nitrogen and oxygen atoms in total. The lowest BCUT2D eigenvalue weighted by molar-refractivity contribution is -0.139. The molecule has 6 aromatic rings. The van der Waals surface area contributed by atoms with E-state index in [4.69, 9.17) is 55.3 Å². The lowest BCUT2D eigenvalue weighted by atomic mass is 10.0. The highest BCUT2D eigenvalue weighted by molar-refractivity contribution is 7.81. The van der Waals surface area contributed by atoms with Crippen molar-refractivity contribution < 1.29 is 68.9 Å². The van der Waals surface area contributed by atoms with Crippen LogP contribution in [0.4, 0.5) is 57.9 Å². The van der Waals surface area contributed by atoms with Crippen LogP contribution in [-0.2, 0) is 44.4 Å². The average molecular weight is 1120 g/mol. The van der Waals surface area contributed by atoms with Gasteiger partial charge in [-0.25, -0.2) is 23.5 Å². The summed E-state index contributed by atoms with van der Waals surface area (Å²) in [5.41, 5.74) is -2.12. The number of fused-ring (bicyclic) bond motifs is 2. The van der Waals surface area contributed by atoms with Crippen molar-refractivity contribution in [1.82, 2.24) is 19.9 Å². The molecule has 4 aromatic carbocycles. The number of rotatable bonds is 12. The standard InChI is InChI=1S/C25H20F4N6O3S.C25H19F4N5O4S/c1-4-19-32-20-15(21(33-19)38-11-18(31)36)7-14(9-17(20)26)35-23(39)34(22(37)24(35,2)3)13-6-5-12(10-30)16(8-13)25(27,28)29;1-4-18-31-20-15(21(32-18)38-11-19(35)36)7-14(9-17(20)26)34-23(39)33(22(37)24(34,2)3)13-6-5-12(10-30)16(8-13)25(27,28)29/h5-9H,4,11H2,1-3H3,(H2,31,36);5-9H,4,11H2,1-3H3,(H,35,36). The van der Waals surface area contributed by atoms with Crippen molar-refractivity contribution in [2.24, 2.45) is 5.73 Å². The van der Waals surface area contributed by atoms with E-state index in [1.807, 2.05) is 0 Å². The van der Waals surface area contributed by atoms with E-state index in [1.165, 1.54) is 67.8 Å². The van der Waals surface area contributed by atoms with Crippen LogP contribution in [0.1, 0.15) is 75.4 Å². The van der Waals surface area contributed by atoms with Gasteiger partial charge in [0.25, 0.3) is 17.7 Å². The molecule has 0 saturated carbocycles. The first-order chi connectivity index (χ1) is 36.4. The van der Waals surface area contributed by atoms with E-state index in [9.17, 15) is 45.5 Å². The molecule has 2 saturated heterocycles. The van der Waals surface area contributed by atoms with E-state index in [1.54, 1.807) is 13.8 Å². The van der Waals surface area contributed by atoms with E-state index in [-0.39, 0.29) is 78.2 Å². The summed E-state index contributed by atoms with van der Waals surface area (Å²) in [7, 11) is 0. The fourth-order valence-electron chi connectivity index (χ4n) is 8.37. The molecule has 3 amide bonds. The number of carboxylic acids is 1. The minimum Gasteiger partial charge on any atom is -0.479 e. The molecule has 2 aliphatic rings. The summed E-state index contributed by atoms with van der Waals surface area (Å²) in [5.74, 6) is -5.01. The summed E-state index contributed by atoms with van der Waals surface area (Å²) < 4.78 is 123. The minimum atomic E-state index is -4.87. The summed E-state index contributed by atoms with van der Waals surface area (Å²) in [6.45, 7) is 8.01. The number of aryl methyl sites for hydroxylation is 2. The molecule has 404 valence electrons. The summed E-state index contributed by atoms with van der Waals surface area (Å²) in [6.07, 6.45) is -9.09. The number of hydrogen-bond acceptors (Lipinski definition) is 14. The largest absolute Gasteiger partial charge is 0.479 e. The zero-order valence-electron chi connectivity index (χ0n) is 41.4. The third-order valence-corrected chi connectivity index (χ3v) is 12.8. The Kier molecular flexibility index (Phi) is 15.3. The van der Waals surface area contributed by atoms with Gasteiger partial charge in [0.2, 0.25) is 11.8 Å². The van der Waals surface area contributed by atoms with Crippen LogP contribution in [0.3, 0.4) is 0 Å². The predicted octanol–water partition coefficient (Wildman–Crippen LogP) is 8.60. The number of anilines is 4. The molecule has 0 unspecified atom stereocenters. The van der Waals surface area contributed by atoms with Crippen molar-refractivity contribution in [3.8, 4) is 23.9 Å². The minimum absolute atomic E-state index is 0.00526. The third kappa shape index (κ3) is 10.5. The molecule has 28 heteroatoms. The zero-order chi connectivity index (χ0) is 57.7. The fraction of sp³-hybridized carbons (Fsp3) is 0.280. The van der Waals surface area contributed by atoms with E-state index in [0.717, 1.165) is 40.1 Å². The SMILES string of the molecule is CCc1nc(OCC(=O)O)c2cc(N3C(=S)N(c4ccc(C#N)c(C(F)(F)F)c4)C(=O)C3(C)C)cc(F)c2n1.CCc1nc(OCC(N)=O)c2cc(N3C(=S)N(c4ccc(C#N)c(C(F)(F)F)c4)C(=O)C3(C)C)cc(F)c2n1. The average Bonchev–Trinajstić information content (AvgIpc) is 3.87. The Bertz CT molecular complexity index is 3410. The number of carbonyl (C=O) groups is 4. The molecule has 8 rings (SSSR count).